The first-order valence-corrected chi connectivity index (χ1v) is 11.4. The monoisotopic (exact) mass is 426 g/mol. The Bertz CT molecular complexity index is 801. The minimum atomic E-state index is -1.16. The van der Waals surface area contributed by atoms with Crippen molar-refractivity contribution in [1.82, 2.24) is 0 Å². The van der Waals surface area contributed by atoms with Crippen molar-refractivity contribution in [3.05, 3.63) is 59.7 Å². The summed E-state index contributed by atoms with van der Waals surface area (Å²) in [7, 11) is 0. The van der Waals surface area contributed by atoms with Gasteiger partial charge in [0, 0.05) is 6.07 Å². The van der Waals surface area contributed by atoms with Crippen LogP contribution in [-0.2, 0) is 0 Å². The van der Waals surface area contributed by atoms with Gasteiger partial charge in [-0.2, -0.15) is 0 Å². The van der Waals surface area contributed by atoms with Crippen LogP contribution in [0.25, 0.3) is 0 Å². The van der Waals surface area contributed by atoms with Crippen LogP contribution < -0.4 is 9.47 Å². The Hall–Kier alpha value is -2.82. The minimum Gasteiger partial charge on any atom is -0.493 e. The number of rotatable bonds is 15. The van der Waals surface area contributed by atoms with Crippen molar-refractivity contribution in [1.29, 1.82) is 0 Å². The molecule has 0 bridgehead atoms. The lowest BCUT2D eigenvalue weighted by Gasteiger charge is -2.11. The maximum Gasteiger partial charge on any atom is 0.343 e. The second-order valence-corrected chi connectivity index (χ2v) is 7.75. The predicted molar refractivity (Wildman–Crippen MR) is 122 cm³/mol. The molecule has 0 unspecified atom stereocenters. The largest absolute Gasteiger partial charge is 0.493 e. The quantitative estimate of drug-likeness (QED) is 0.190. The van der Waals surface area contributed by atoms with Crippen LogP contribution in [0, 0.1) is 0 Å². The van der Waals surface area contributed by atoms with Crippen LogP contribution in [0.4, 0.5) is 0 Å². The number of ether oxygens (including phenoxy) is 2. The highest BCUT2D eigenvalue weighted by Gasteiger charge is 2.17. The zero-order chi connectivity index (χ0) is 22.3. The maximum atomic E-state index is 12.3. The summed E-state index contributed by atoms with van der Waals surface area (Å²) in [4.78, 5) is 23.8. The summed E-state index contributed by atoms with van der Waals surface area (Å²) in [6.45, 7) is 2.79. The number of carbonyl (C=O) groups excluding carboxylic acids is 1. The Kier molecular flexibility index (Phi) is 11.2. The second-order valence-electron chi connectivity index (χ2n) is 7.75. The molecular weight excluding hydrogens is 392 g/mol. The van der Waals surface area contributed by atoms with E-state index in [1.54, 1.807) is 36.4 Å². The van der Waals surface area contributed by atoms with E-state index in [-0.39, 0.29) is 11.3 Å². The first-order chi connectivity index (χ1) is 15.1. The molecule has 0 saturated heterocycles. The number of carboxylic acids is 1. The second kappa shape index (κ2) is 14.2. The number of carboxylic acid groups (broad SMARTS) is 1. The molecule has 0 heterocycles. The van der Waals surface area contributed by atoms with E-state index in [1.807, 2.05) is 0 Å². The fourth-order valence-corrected chi connectivity index (χ4v) is 3.37. The van der Waals surface area contributed by atoms with E-state index >= 15 is 0 Å². The molecule has 5 nitrogen and oxygen atoms in total. The van der Waals surface area contributed by atoms with Gasteiger partial charge in [0.25, 0.3) is 0 Å². The highest BCUT2D eigenvalue weighted by atomic mass is 16.5. The molecule has 2 aromatic carbocycles. The molecule has 168 valence electrons. The number of aromatic carboxylic acids is 1. The lowest BCUT2D eigenvalue weighted by atomic mass is 10.1. The molecule has 5 heteroatoms. The number of hydrogen-bond acceptors (Lipinski definition) is 4. The van der Waals surface area contributed by atoms with Crippen LogP contribution >= 0.6 is 0 Å². The predicted octanol–water partition coefficient (Wildman–Crippen LogP) is 6.90. The Morgan fingerprint density at radius 1 is 0.806 bits per heavy atom. The smallest absolute Gasteiger partial charge is 0.343 e. The Morgan fingerprint density at radius 2 is 1.42 bits per heavy atom. The van der Waals surface area contributed by atoms with Gasteiger partial charge in [-0.3, -0.25) is 0 Å². The van der Waals surface area contributed by atoms with Gasteiger partial charge in [0.2, 0.25) is 0 Å². The Balaban J connectivity index is 1.76. The van der Waals surface area contributed by atoms with Crippen molar-refractivity contribution >= 4 is 11.9 Å². The van der Waals surface area contributed by atoms with Gasteiger partial charge in [0.05, 0.1) is 12.2 Å². The Morgan fingerprint density at radius 3 is 2.03 bits per heavy atom. The number of esters is 1. The summed E-state index contributed by atoms with van der Waals surface area (Å²) in [5, 5.41) is 9.39. The molecule has 0 spiro atoms. The van der Waals surface area contributed by atoms with Crippen molar-refractivity contribution < 1.29 is 24.2 Å². The average molecular weight is 427 g/mol. The number of unbranched alkanes of at least 4 members (excludes halogenated alkanes) is 9. The molecule has 0 amide bonds. The van der Waals surface area contributed by atoms with Gasteiger partial charge >= 0.3 is 11.9 Å². The topological polar surface area (TPSA) is 72.8 Å². The molecule has 0 saturated carbocycles. The van der Waals surface area contributed by atoms with E-state index in [4.69, 9.17) is 9.47 Å². The third kappa shape index (κ3) is 9.24. The van der Waals surface area contributed by atoms with E-state index in [9.17, 15) is 14.7 Å². The molecule has 2 aromatic rings. The van der Waals surface area contributed by atoms with Crippen molar-refractivity contribution in [2.45, 2.75) is 71.1 Å². The number of benzene rings is 2. The number of carbonyl (C=O) groups is 2. The summed E-state index contributed by atoms with van der Waals surface area (Å²) in [5.74, 6) is -1.27. The van der Waals surface area contributed by atoms with Gasteiger partial charge in [0.1, 0.15) is 17.1 Å². The fourth-order valence-electron chi connectivity index (χ4n) is 3.37. The zero-order valence-corrected chi connectivity index (χ0v) is 18.5. The first-order valence-electron chi connectivity index (χ1n) is 11.4. The third-order valence-corrected chi connectivity index (χ3v) is 5.16. The van der Waals surface area contributed by atoms with Gasteiger partial charge in [-0.1, -0.05) is 82.9 Å². The van der Waals surface area contributed by atoms with Gasteiger partial charge in [-0.05, 0) is 30.7 Å². The lowest BCUT2D eigenvalue weighted by Crippen LogP contribution is -2.11. The summed E-state index contributed by atoms with van der Waals surface area (Å²) >= 11 is 0. The normalized spacial score (nSPS) is 10.6. The van der Waals surface area contributed by atoms with E-state index in [2.05, 4.69) is 6.92 Å². The highest BCUT2D eigenvalue weighted by molar-refractivity contribution is 5.95. The SMILES string of the molecule is CCCCCCCCCCCCOc1ccc(C(=O)O)c(OC(=O)c2ccccc2)c1. The maximum absolute atomic E-state index is 12.3. The fraction of sp³-hybridized carbons (Fsp3) is 0.462. The molecule has 0 aliphatic heterocycles. The van der Waals surface area contributed by atoms with Crippen LogP contribution in [0.2, 0.25) is 0 Å². The third-order valence-electron chi connectivity index (χ3n) is 5.16. The van der Waals surface area contributed by atoms with Crippen LogP contribution in [-0.4, -0.2) is 23.7 Å². The summed E-state index contributed by atoms with van der Waals surface area (Å²) in [6, 6.07) is 13.0. The summed E-state index contributed by atoms with van der Waals surface area (Å²) in [6.07, 6.45) is 12.5. The van der Waals surface area contributed by atoms with Gasteiger partial charge in [-0.25, -0.2) is 9.59 Å². The molecule has 31 heavy (non-hydrogen) atoms. The summed E-state index contributed by atoms with van der Waals surface area (Å²) in [5.41, 5.74) is 0.283. The number of hydrogen-bond donors (Lipinski definition) is 1. The van der Waals surface area contributed by atoms with E-state index < -0.39 is 11.9 Å². The molecule has 0 fully saturated rings. The van der Waals surface area contributed by atoms with Crippen LogP contribution in [0.3, 0.4) is 0 Å². The molecule has 0 aromatic heterocycles. The summed E-state index contributed by atoms with van der Waals surface area (Å²) < 4.78 is 11.1. The standard InChI is InChI=1S/C26H34O5/c1-2-3-4-5-6-7-8-9-10-14-19-30-22-17-18-23(25(27)28)24(20-22)31-26(29)21-15-12-11-13-16-21/h11-13,15-18,20H,2-10,14,19H2,1H3,(H,27,28). The molecule has 0 atom stereocenters. The minimum absolute atomic E-state index is 0.0121. The molecular formula is C26H34O5. The first kappa shape index (κ1) is 24.4. The molecule has 0 aliphatic rings. The molecule has 2 rings (SSSR count). The Labute approximate surface area is 185 Å². The molecule has 0 aliphatic carbocycles. The zero-order valence-electron chi connectivity index (χ0n) is 18.5. The molecule has 0 radical (unpaired) electrons. The van der Waals surface area contributed by atoms with Gasteiger partial charge < -0.3 is 14.6 Å². The average Bonchev–Trinajstić information content (AvgIpc) is 2.78. The van der Waals surface area contributed by atoms with E-state index in [1.165, 1.54) is 63.5 Å². The van der Waals surface area contributed by atoms with E-state index in [0.717, 1.165) is 12.8 Å². The van der Waals surface area contributed by atoms with Crippen molar-refractivity contribution in [3.63, 3.8) is 0 Å². The van der Waals surface area contributed by atoms with E-state index in [0.29, 0.717) is 17.9 Å². The van der Waals surface area contributed by atoms with Crippen LogP contribution in [0.1, 0.15) is 91.8 Å². The van der Waals surface area contributed by atoms with Crippen molar-refractivity contribution in [3.8, 4) is 11.5 Å². The highest BCUT2D eigenvalue weighted by Crippen LogP contribution is 2.26. The van der Waals surface area contributed by atoms with Crippen molar-refractivity contribution in [2.75, 3.05) is 6.61 Å². The van der Waals surface area contributed by atoms with Crippen molar-refractivity contribution in [2.24, 2.45) is 0 Å². The van der Waals surface area contributed by atoms with Gasteiger partial charge in [0.15, 0.2) is 0 Å². The van der Waals surface area contributed by atoms with Crippen LogP contribution in [0.15, 0.2) is 48.5 Å². The van der Waals surface area contributed by atoms with Crippen LogP contribution in [0.5, 0.6) is 11.5 Å². The lowest BCUT2D eigenvalue weighted by molar-refractivity contribution is 0.0681. The molecule has 1 N–H and O–H groups in total. The van der Waals surface area contributed by atoms with Gasteiger partial charge in [-0.15, -0.1) is 0 Å².